The number of rotatable bonds is 5. The lowest BCUT2D eigenvalue weighted by Crippen LogP contribution is -2.32. The zero-order valence-corrected chi connectivity index (χ0v) is 20.1. The van der Waals surface area contributed by atoms with Crippen LogP contribution in [0.2, 0.25) is 0 Å². The molecule has 33 heavy (non-hydrogen) atoms. The number of halogens is 1. The number of nitrogens with one attached hydrogen (secondary N) is 2. The number of likely N-dealkylation sites (tertiary alicyclic amines) is 1. The van der Waals surface area contributed by atoms with Crippen LogP contribution in [-0.2, 0) is 0 Å². The van der Waals surface area contributed by atoms with E-state index in [2.05, 4.69) is 39.6 Å². The first kappa shape index (κ1) is 21.8. The number of aryl methyl sites for hydroxylation is 2. The Morgan fingerprint density at radius 3 is 2.64 bits per heavy atom. The smallest absolute Gasteiger partial charge is 0.230 e. The van der Waals surface area contributed by atoms with Crippen molar-refractivity contribution in [1.82, 2.24) is 24.6 Å². The number of benzene rings is 1. The fourth-order valence-electron chi connectivity index (χ4n) is 4.48. The lowest BCUT2D eigenvalue weighted by atomic mass is 10.1. The van der Waals surface area contributed by atoms with Crippen molar-refractivity contribution in [3.63, 3.8) is 0 Å². The van der Waals surface area contributed by atoms with Gasteiger partial charge in [0.1, 0.15) is 16.5 Å². The Bertz CT molecular complexity index is 1300. The second-order valence-corrected chi connectivity index (χ2v) is 9.64. The van der Waals surface area contributed by atoms with Crippen molar-refractivity contribution in [2.75, 3.05) is 30.8 Å². The first-order valence-electron chi connectivity index (χ1n) is 11.2. The molecule has 1 aliphatic heterocycles. The Balaban J connectivity index is 1.48. The topological polar surface area (TPSA) is 70.9 Å². The first-order chi connectivity index (χ1) is 15.9. The Kier molecular flexibility index (Phi) is 5.76. The standard InChI is InChI=1S/C24H28FN7S/c1-14-13-33-23-20(14)22(26-18-7-5-6-17(25)12-18)28-24(29-23)27-21-15(2)30-32(16(21)3)19-8-10-31(4)11-9-19/h5-7,12-13,19H,8-11H2,1-4H3,(H2,26,27,28,29). The van der Waals surface area contributed by atoms with Gasteiger partial charge < -0.3 is 15.5 Å². The van der Waals surface area contributed by atoms with Crippen molar-refractivity contribution in [2.45, 2.75) is 39.7 Å². The molecule has 0 aliphatic carbocycles. The number of hydrogen-bond acceptors (Lipinski definition) is 7. The third kappa shape index (κ3) is 4.30. The lowest BCUT2D eigenvalue weighted by molar-refractivity contribution is 0.210. The molecule has 1 saturated heterocycles. The predicted molar refractivity (Wildman–Crippen MR) is 133 cm³/mol. The molecule has 5 rings (SSSR count). The van der Waals surface area contributed by atoms with Crippen LogP contribution >= 0.6 is 11.3 Å². The van der Waals surface area contributed by atoms with Crippen LogP contribution in [0.25, 0.3) is 10.2 Å². The van der Waals surface area contributed by atoms with Crippen LogP contribution < -0.4 is 10.6 Å². The minimum absolute atomic E-state index is 0.293. The lowest BCUT2D eigenvalue weighted by Gasteiger charge is -2.29. The summed E-state index contributed by atoms with van der Waals surface area (Å²) in [7, 11) is 2.17. The fourth-order valence-corrected chi connectivity index (χ4v) is 5.40. The molecule has 1 aromatic carbocycles. The number of nitrogens with zero attached hydrogens (tertiary/aromatic N) is 5. The Morgan fingerprint density at radius 1 is 1.09 bits per heavy atom. The third-order valence-corrected chi connectivity index (χ3v) is 7.29. The summed E-state index contributed by atoms with van der Waals surface area (Å²) in [6, 6.07) is 6.80. The highest BCUT2D eigenvalue weighted by Crippen LogP contribution is 2.34. The minimum Gasteiger partial charge on any atom is -0.339 e. The van der Waals surface area contributed by atoms with Crippen molar-refractivity contribution in [3.8, 4) is 0 Å². The molecule has 0 radical (unpaired) electrons. The zero-order chi connectivity index (χ0) is 23.1. The highest BCUT2D eigenvalue weighted by Gasteiger charge is 2.23. The number of aromatic nitrogens is 4. The normalized spacial score (nSPS) is 15.3. The second kappa shape index (κ2) is 8.72. The fraction of sp³-hybridized carbons (Fsp3) is 0.375. The summed E-state index contributed by atoms with van der Waals surface area (Å²) in [6.07, 6.45) is 2.19. The van der Waals surface area contributed by atoms with Crippen molar-refractivity contribution in [3.05, 3.63) is 52.4 Å². The van der Waals surface area contributed by atoms with Gasteiger partial charge in [0.15, 0.2) is 0 Å². The third-order valence-electron chi connectivity index (χ3n) is 6.30. The van der Waals surface area contributed by atoms with E-state index in [4.69, 9.17) is 15.1 Å². The summed E-state index contributed by atoms with van der Waals surface area (Å²) in [4.78, 5) is 12.8. The summed E-state index contributed by atoms with van der Waals surface area (Å²) in [5, 5.41) is 14.6. The maximum absolute atomic E-state index is 13.7. The molecule has 4 heterocycles. The second-order valence-electron chi connectivity index (χ2n) is 8.78. The average Bonchev–Trinajstić information content (AvgIpc) is 3.29. The van der Waals surface area contributed by atoms with Crippen molar-refractivity contribution in [1.29, 1.82) is 0 Å². The number of hydrogen-bond donors (Lipinski definition) is 2. The highest BCUT2D eigenvalue weighted by atomic mass is 32.1. The van der Waals surface area contributed by atoms with E-state index in [1.54, 1.807) is 17.4 Å². The van der Waals surface area contributed by atoms with Gasteiger partial charge in [-0.25, -0.2) is 9.37 Å². The van der Waals surface area contributed by atoms with Gasteiger partial charge >= 0.3 is 0 Å². The molecule has 0 atom stereocenters. The first-order valence-corrected chi connectivity index (χ1v) is 12.1. The maximum Gasteiger partial charge on any atom is 0.230 e. The molecule has 172 valence electrons. The van der Waals surface area contributed by atoms with Crippen LogP contribution in [0.3, 0.4) is 0 Å². The number of piperidine rings is 1. The van der Waals surface area contributed by atoms with Gasteiger partial charge in [0.2, 0.25) is 5.95 Å². The summed E-state index contributed by atoms with van der Waals surface area (Å²) in [5.74, 6) is 0.862. The van der Waals surface area contributed by atoms with E-state index in [1.165, 1.54) is 12.1 Å². The zero-order valence-electron chi connectivity index (χ0n) is 19.3. The molecule has 0 amide bonds. The van der Waals surface area contributed by atoms with E-state index in [1.807, 2.05) is 19.9 Å². The van der Waals surface area contributed by atoms with E-state index >= 15 is 0 Å². The molecule has 0 saturated carbocycles. The van der Waals surface area contributed by atoms with Gasteiger partial charge in [-0.2, -0.15) is 10.1 Å². The van der Waals surface area contributed by atoms with Crippen LogP contribution in [0.1, 0.15) is 35.8 Å². The van der Waals surface area contributed by atoms with Crippen LogP contribution in [0.5, 0.6) is 0 Å². The molecule has 7 nitrogen and oxygen atoms in total. The number of thiophene rings is 1. The molecule has 0 unspecified atom stereocenters. The van der Waals surface area contributed by atoms with Gasteiger partial charge in [0.05, 0.1) is 28.5 Å². The molecule has 4 aromatic rings. The molecule has 9 heteroatoms. The van der Waals surface area contributed by atoms with Gasteiger partial charge in [0.25, 0.3) is 0 Å². The van der Waals surface area contributed by atoms with Gasteiger partial charge in [-0.3, -0.25) is 4.68 Å². The monoisotopic (exact) mass is 465 g/mol. The SMILES string of the molecule is Cc1nn(C2CCN(C)CC2)c(C)c1Nc1nc(Nc2cccc(F)c2)c2c(C)csc2n1. The van der Waals surface area contributed by atoms with E-state index in [0.29, 0.717) is 23.5 Å². The van der Waals surface area contributed by atoms with Crippen LogP contribution in [-0.4, -0.2) is 44.8 Å². The summed E-state index contributed by atoms with van der Waals surface area (Å²) in [6.45, 7) is 8.31. The number of fused-ring (bicyclic) bond motifs is 1. The molecule has 0 spiro atoms. The van der Waals surface area contributed by atoms with Crippen LogP contribution in [0, 0.1) is 26.6 Å². The van der Waals surface area contributed by atoms with E-state index in [-0.39, 0.29) is 5.82 Å². The Labute approximate surface area is 196 Å². The van der Waals surface area contributed by atoms with Crippen molar-refractivity contribution in [2.24, 2.45) is 0 Å². The predicted octanol–water partition coefficient (Wildman–Crippen LogP) is 5.71. The van der Waals surface area contributed by atoms with E-state index < -0.39 is 0 Å². The largest absolute Gasteiger partial charge is 0.339 e. The molecule has 3 aromatic heterocycles. The van der Waals surface area contributed by atoms with Gasteiger partial charge in [-0.1, -0.05) is 6.07 Å². The molecular formula is C24H28FN7S. The van der Waals surface area contributed by atoms with E-state index in [9.17, 15) is 4.39 Å². The maximum atomic E-state index is 13.7. The highest BCUT2D eigenvalue weighted by molar-refractivity contribution is 7.17. The van der Waals surface area contributed by atoms with Gasteiger partial charge in [-0.05, 0) is 82.9 Å². The Morgan fingerprint density at radius 2 is 1.88 bits per heavy atom. The van der Waals surface area contributed by atoms with Crippen LogP contribution in [0.15, 0.2) is 29.6 Å². The van der Waals surface area contributed by atoms with Gasteiger partial charge in [0, 0.05) is 5.69 Å². The van der Waals surface area contributed by atoms with Crippen LogP contribution in [0.4, 0.5) is 27.5 Å². The summed E-state index contributed by atoms with van der Waals surface area (Å²) < 4.78 is 15.9. The molecule has 1 fully saturated rings. The molecular weight excluding hydrogens is 437 g/mol. The molecule has 2 N–H and O–H groups in total. The molecule has 1 aliphatic rings. The quantitative estimate of drug-likeness (QED) is 0.394. The van der Waals surface area contributed by atoms with E-state index in [0.717, 1.165) is 58.8 Å². The minimum atomic E-state index is -0.293. The van der Waals surface area contributed by atoms with Gasteiger partial charge in [-0.15, -0.1) is 11.3 Å². The Hall–Kier alpha value is -3.04. The van der Waals surface area contributed by atoms with Crippen molar-refractivity contribution >= 4 is 44.7 Å². The number of anilines is 4. The van der Waals surface area contributed by atoms with Crippen molar-refractivity contribution < 1.29 is 4.39 Å². The summed E-state index contributed by atoms with van der Waals surface area (Å²) >= 11 is 1.57. The average molecular weight is 466 g/mol. The summed E-state index contributed by atoms with van der Waals surface area (Å²) in [5.41, 5.74) is 4.69. The molecule has 0 bridgehead atoms.